The third-order valence-electron chi connectivity index (χ3n) is 9.80. The van der Waals surface area contributed by atoms with Crippen LogP contribution in [0.25, 0.3) is 0 Å². The molecule has 0 bridgehead atoms. The molecule has 2 saturated heterocycles. The van der Waals surface area contributed by atoms with Crippen molar-refractivity contribution in [2.24, 2.45) is 5.92 Å². The fourth-order valence-electron chi connectivity index (χ4n) is 7.65. The first-order chi connectivity index (χ1) is 21.1. The number of fused-ring (bicyclic) bond motifs is 2. The van der Waals surface area contributed by atoms with Crippen LogP contribution >= 0.6 is 0 Å². The molecule has 0 saturated carbocycles. The zero-order valence-electron chi connectivity index (χ0n) is 25.8. The van der Waals surface area contributed by atoms with Crippen LogP contribution in [0.4, 0.5) is 11.4 Å². The minimum absolute atomic E-state index is 0.0829. The highest BCUT2D eigenvalue weighted by Gasteiger charge is 2.64. The maximum absolute atomic E-state index is 13.8. The number of amides is 2. The number of carbonyl (C=O) groups is 2. The first kappa shape index (κ1) is 30.6. The van der Waals surface area contributed by atoms with Gasteiger partial charge in [-0.3, -0.25) is 14.3 Å². The van der Waals surface area contributed by atoms with Gasteiger partial charge in [-0.15, -0.1) is 5.10 Å². The van der Waals surface area contributed by atoms with E-state index in [0.717, 1.165) is 42.5 Å². The van der Waals surface area contributed by atoms with Gasteiger partial charge in [0.1, 0.15) is 0 Å². The molecule has 4 heterocycles. The zero-order chi connectivity index (χ0) is 31.1. The van der Waals surface area contributed by atoms with Gasteiger partial charge in [-0.05, 0) is 56.1 Å². The molecule has 234 valence electrons. The number of carbonyl (C=O) groups excluding carboxylic acids is 2. The normalized spacial score (nSPS) is 26.4. The molecule has 11 heteroatoms. The molecule has 2 amide bonds. The number of aryl methyl sites for hydroxylation is 1. The molecule has 2 fully saturated rings. The van der Waals surface area contributed by atoms with Crippen molar-refractivity contribution >= 4 is 31.5 Å². The Hall–Kier alpha value is -3.38. The molecule has 3 aliphatic rings. The number of benzene rings is 2. The zero-order valence-corrected chi connectivity index (χ0v) is 26.8. The summed E-state index contributed by atoms with van der Waals surface area (Å²) in [5, 5.41) is 21.8. The van der Waals surface area contributed by atoms with Crippen molar-refractivity contribution in [2.45, 2.75) is 88.3 Å². The van der Waals surface area contributed by atoms with E-state index in [1.165, 1.54) is 0 Å². The van der Waals surface area contributed by atoms with E-state index in [2.05, 4.69) is 15.6 Å². The quantitative estimate of drug-likeness (QED) is 0.317. The Bertz CT molecular complexity index is 1510. The van der Waals surface area contributed by atoms with Crippen molar-refractivity contribution in [1.82, 2.24) is 15.0 Å². The summed E-state index contributed by atoms with van der Waals surface area (Å²) in [4.78, 5) is 40.3. The fraction of sp³-hybridized carbons (Fsp3) is 0.515. The van der Waals surface area contributed by atoms with Crippen LogP contribution in [0, 0.1) is 5.92 Å². The molecule has 3 N–H and O–H groups in total. The van der Waals surface area contributed by atoms with Crippen LogP contribution in [0.15, 0.2) is 54.7 Å². The van der Waals surface area contributed by atoms with Crippen molar-refractivity contribution in [2.75, 3.05) is 23.4 Å². The van der Waals surface area contributed by atoms with Gasteiger partial charge in [0.2, 0.25) is 5.91 Å². The third kappa shape index (κ3) is 5.51. The van der Waals surface area contributed by atoms with Gasteiger partial charge in [0, 0.05) is 54.1 Å². The first-order valence-electron chi connectivity index (χ1n) is 15.9. The average molecular weight is 618 g/mol. The molecular weight excluding hydrogens is 574 g/mol. The molecule has 10 nitrogen and oxygen atoms in total. The Labute approximate surface area is 259 Å². The molecule has 44 heavy (non-hydrogen) atoms. The van der Waals surface area contributed by atoms with Gasteiger partial charge >= 0.3 is 0 Å². The van der Waals surface area contributed by atoms with Gasteiger partial charge in [0.25, 0.3) is 5.91 Å². The molecule has 0 radical (unpaired) electrons. The van der Waals surface area contributed by atoms with Gasteiger partial charge in [-0.2, -0.15) is 0 Å². The summed E-state index contributed by atoms with van der Waals surface area (Å²) in [7, 11) is -2.81. The first-order valence-corrected chi connectivity index (χ1v) is 18.9. The van der Waals surface area contributed by atoms with Crippen LogP contribution < -0.4 is 10.2 Å². The predicted octanol–water partition coefficient (Wildman–Crippen LogP) is 4.54. The standard InChI is InChI=1S/C33H43N5O5Si/c1-22-31(44(2,3)42)29(16-18-37-20-28(35-36-37)25(21-39)23-11-7-6-8-12-23)43-33(22)26-19-24(14-15-27(26)34-32(33)41)38-17-10-5-4-9-13-30(38)40/h6-8,11-12,14-15,19-20,22,25,29,31,39,42H,4-5,9-10,13,16-18,21H2,1-3H3,(H,34,41)/t22-,25?,29+,31-,33+/m0/s1. The number of aliphatic hydroxyl groups excluding tert-OH is 1. The number of rotatable bonds is 8. The van der Waals surface area contributed by atoms with E-state index < -0.39 is 20.0 Å². The highest BCUT2D eigenvalue weighted by atomic mass is 28.4. The Morgan fingerprint density at radius 1 is 1.11 bits per heavy atom. The molecule has 1 aromatic heterocycles. The van der Waals surface area contributed by atoms with Crippen molar-refractivity contribution in [3.8, 4) is 0 Å². The Balaban J connectivity index is 1.27. The van der Waals surface area contributed by atoms with Crippen molar-refractivity contribution < 1.29 is 24.2 Å². The van der Waals surface area contributed by atoms with E-state index in [9.17, 15) is 19.5 Å². The SMILES string of the molecule is C[C@H]1[C@H]([Si](C)(C)O)[C@@H](CCn2cc(C(CO)c3ccccc3)nn2)O[C@]12C(=O)Nc1ccc(N3CCCCCCC3=O)cc12. The fourth-order valence-corrected chi connectivity index (χ4v) is 10.3. The van der Waals surface area contributed by atoms with Crippen LogP contribution in [0.3, 0.4) is 0 Å². The second kappa shape index (κ2) is 12.2. The van der Waals surface area contributed by atoms with Crippen molar-refractivity contribution in [1.29, 1.82) is 0 Å². The minimum Gasteiger partial charge on any atom is -0.432 e. The number of hydrogen-bond acceptors (Lipinski definition) is 7. The second-order valence-corrected chi connectivity index (χ2v) is 17.1. The summed E-state index contributed by atoms with van der Waals surface area (Å²) in [6, 6.07) is 15.5. The number of ether oxygens (including phenoxy) is 1. The van der Waals surface area contributed by atoms with Crippen LogP contribution in [0.1, 0.15) is 68.2 Å². The average Bonchev–Trinajstić information content (AvgIpc) is 3.65. The summed E-state index contributed by atoms with van der Waals surface area (Å²) >= 11 is 0. The van der Waals surface area contributed by atoms with Crippen LogP contribution in [0.2, 0.25) is 18.6 Å². The molecule has 5 atom stereocenters. The highest BCUT2D eigenvalue weighted by Crippen LogP contribution is 2.58. The van der Waals surface area contributed by atoms with E-state index in [0.29, 0.717) is 37.3 Å². The molecule has 1 unspecified atom stereocenters. The Kier molecular flexibility index (Phi) is 8.49. The molecule has 3 aromatic rings. The smallest absolute Gasteiger partial charge is 0.261 e. The summed E-state index contributed by atoms with van der Waals surface area (Å²) in [5.74, 6) is -0.680. The molecule has 0 aliphatic carbocycles. The molecule has 2 aromatic carbocycles. The summed E-state index contributed by atoms with van der Waals surface area (Å²) in [5.41, 5.74) is 2.39. The number of anilines is 2. The number of aliphatic hydroxyl groups is 1. The predicted molar refractivity (Wildman–Crippen MR) is 170 cm³/mol. The maximum atomic E-state index is 13.8. The van der Waals surface area contributed by atoms with Crippen molar-refractivity contribution in [3.05, 3.63) is 71.5 Å². The Morgan fingerprint density at radius 3 is 2.64 bits per heavy atom. The van der Waals surface area contributed by atoms with E-state index in [4.69, 9.17) is 4.74 Å². The summed E-state index contributed by atoms with van der Waals surface area (Å²) in [6.45, 7) is 6.88. The lowest BCUT2D eigenvalue weighted by Gasteiger charge is -2.32. The third-order valence-corrected chi connectivity index (χ3v) is 12.3. The topological polar surface area (TPSA) is 130 Å². The molecule has 1 spiro atoms. The maximum Gasteiger partial charge on any atom is 0.261 e. The summed E-state index contributed by atoms with van der Waals surface area (Å²) in [6.07, 6.45) is 6.52. The van der Waals surface area contributed by atoms with E-state index in [1.54, 1.807) is 4.68 Å². The number of hydrogen-bond donors (Lipinski definition) is 3. The lowest BCUT2D eigenvalue weighted by atomic mass is 9.82. The number of nitrogens with zero attached hydrogens (tertiary/aromatic N) is 4. The van der Waals surface area contributed by atoms with E-state index in [1.807, 2.05) is 79.6 Å². The molecule has 6 rings (SSSR count). The monoisotopic (exact) mass is 617 g/mol. The highest BCUT2D eigenvalue weighted by molar-refractivity contribution is 6.71. The van der Waals surface area contributed by atoms with Crippen LogP contribution in [-0.2, 0) is 26.5 Å². The van der Waals surface area contributed by atoms with E-state index >= 15 is 0 Å². The lowest BCUT2D eigenvalue weighted by Crippen LogP contribution is -2.43. The van der Waals surface area contributed by atoms with E-state index in [-0.39, 0.29) is 35.8 Å². The molecule has 3 aliphatic heterocycles. The summed E-state index contributed by atoms with van der Waals surface area (Å²) < 4.78 is 8.59. The largest absolute Gasteiger partial charge is 0.432 e. The van der Waals surface area contributed by atoms with Gasteiger partial charge in [-0.25, -0.2) is 0 Å². The minimum atomic E-state index is -2.81. The Morgan fingerprint density at radius 2 is 1.89 bits per heavy atom. The second-order valence-electron chi connectivity index (χ2n) is 13.1. The van der Waals surface area contributed by atoms with Gasteiger partial charge in [-0.1, -0.05) is 55.3 Å². The van der Waals surface area contributed by atoms with Gasteiger partial charge in [0.15, 0.2) is 13.9 Å². The van der Waals surface area contributed by atoms with Gasteiger partial charge < -0.3 is 24.9 Å². The van der Waals surface area contributed by atoms with Crippen molar-refractivity contribution in [3.63, 3.8) is 0 Å². The van der Waals surface area contributed by atoms with Gasteiger partial charge in [0.05, 0.1) is 24.3 Å². The lowest BCUT2D eigenvalue weighted by molar-refractivity contribution is -0.143. The number of aromatic nitrogens is 3. The molecular formula is C33H43N5O5Si. The van der Waals surface area contributed by atoms with Crippen LogP contribution in [0.5, 0.6) is 0 Å². The van der Waals surface area contributed by atoms with Crippen LogP contribution in [-0.4, -0.2) is 64.3 Å². The number of nitrogens with one attached hydrogen (secondary N) is 1.